The largest absolute Gasteiger partial charge is 0.354 e. The Bertz CT molecular complexity index is 121. The fourth-order valence-electron chi connectivity index (χ4n) is 0.807. The average molecular weight is 157 g/mol. The van der Waals surface area contributed by atoms with Crippen LogP contribution in [0.1, 0.15) is 40.5 Å². The second-order valence-electron chi connectivity index (χ2n) is 3.47. The van der Waals surface area contributed by atoms with Gasteiger partial charge in [-0.1, -0.05) is 20.8 Å². The van der Waals surface area contributed by atoms with E-state index >= 15 is 0 Å². The Morgan fingerprint density at radius 1 is 1.36 bits per heavy atom. The summed E-state index contributed by atoms with van der Waals surface area (Å²) in [6.45, 7) is 8.20. The van der Waals surface area contributed by atoms with E-state index in [1.807, 2.05) is 6.92 Å². The molecule has 0 aromatic rings. The Hall–Kier alpha value is -0.530. The summed E-state index contributed by atoms with van der Waals surface area (Å²) >= 11 is 0. The smallest absolute Gasteiger partial charge is 0.220 e. The van der Waals surface area contributed by atoms with Crippen LogP contribution < -0.4 is 5.32 Å². The summed E-state index contributed by atoms with van der Waals surface area (Å²) in [6, 6.07) is 0.321. The van der Waals surface area contributed by atoms with Crippen molar-refractivity contribution >= 4 is 5.91 Å². The maximum absolute atomic E-state index is 11.1. The zero-order valence-corrected chi connectivity index (χ0v) is 7.98. The maximum Gasteiger partial charge on any atom is 0.220 e. The van der Waals surface area contributed by atoms with Crippen LogP contribution in [0, 0.1) is 5.92 Å². The summed E-state index contributed by atoms with van der Waals surface area (Å²) < 4.78 is 0. The summed E-state index contributed by atoms with van der Waals surface area (Å²) in [7, 11) is 0. The fraction of sp³-hybridized carbons (Fsp3) is 0.889. The van der Waals surface area contributed by atoms with E-state index in [0.717, 1.165) is 6.42 Å². The molecule has 0 aliphatic carbocycles. The lowest BCUT2D eigenvalue weighted by Crippen LogP contribution is -2.32. The van der Waals surface area contributed by atoms with E-state index in [1.54, 1.807) is 0 Å². The Balaban J connectivity index is 3.52. The second-order valence-corrected chi connectivity index (χ2v) is 3.47. The molecule has 2 heteroatoms. The number of carbonyl (C=O) groups is 1. The predicted molar refractivity (Wildman–Crippen MR) is 47.4 cm³/mol. The molecule has 1 unspecified atom stereocenters. The lowest BCUT2D eigenvalue weighted by Gasteiger charge is -2.12. The van der Waals surface area contributed by atoms with Crippen molar-refractivity contribution in [1.29, 1.82) is 0 Å². The van der Waals surface area contributed by atoms with Gasteiger partial charge in [0.1, 0.15) is 0 Å². The lowest BCUT2D eigenvalue weighted by atomic mass is 10.1. The molecule has 1 N–H and O–H groups in total. The monoisotopic (exact) mass is 157 g/mol. The second kappa shape index (κ2) is 5.16. The molecule has 0 saturated carbocycles. The Morgan fingerprint density at radius 3 is 2.27 bits per heavy atom. The van der Waals surface area contributed by atoms with E-state index in [4.69, 9.17) is 0 Å². The standard InChI is InChI=1S/C9H19NO/c1-5-8(4)10-9(11)6-7(2)3/h7-8H,5-6H2,1-4H3,(H,10,11). The average Bonchev–Trinajstić information content (AvgIpc) is 1.85. The Morgan fingerprint density at radius 2 is 1.91 bits per heavy atom. The van der Waals surface area contributed by atoms with Crippen molar-refractivity contribution in [2.45, 2.75) is 46.6 Å². The highest BCUT2D eigenvalue weighted by Gasteiger charge is 2.06. The van der Waals surface area contributed by atoms with E-state index in [1.165, 1.54) is 0 Å². The molecule has 1 amide bonds. The van der Waals surface area contributed by atoms with Crippen LogP contribution in [0.15, 0.2) is 0 Å². The molecule has 0 saturated heterocycles. The van der Waals surface area contributed by atoms with Crippen molar-refractivity contribution in [3.8, 4) is 0 Å². The van der Waals surface area contributed by atoms with Gasteiger partial charge in [-0.05, 0) is 19.3 Å². The summed E-state index contributed by atoms with van der Waals surface area (Å²) in [4.78, 5) is 11.1. The van der Waals surface area contributed by atoms with E-state index in [2.05, 4.69) is 26.1 Å². The van der Waals surface area contributed by atoms with Crippen LogP contribution >= 0.6 is 0 Å². The number of hydrogen-bond acceptors (Lipinski definition) is 1. The van der Waals surface area contributed by atoms with E-state index in [9.17, 15) is 4.79 Å². The molecular formula is C9H19NO. The van der Waals surface area contributed by atoms with Gasteiger partial charge in [-0.2, -0.15) is 0 Å². The molecule has 0 fully saturated rings. The first kappa shape index (κ1) is 10.5. The molecule has 0 rings (SSSR count). The van der Waals surface area contributed by atoms with Gasteiger partial charge in [-0.3, -0.25) is 4.79 Å². The van der Waals surface area contributed by atoms with Gasteiger partial charge in [0.25, 0.3) is 0 Å². The Labute approximate surface area is 69.4 Å². The van der Waals surface area contributed by atoms with Gasteiger partial charge in [-0.15, -0.1) is 0 Å². The number of rotatable bonds is 4. The summed E-state index contributed by atoms with van der Waals surface area (Å²) in [5.41, 5.74) is 0. The highest BCUT2D eigenvalue weighted by atomic mass is 16.1. The van der Waals surface area contributed by atoms with Crippen molar-refractivity contribution in [2.75, 3.05) is 0 Å². The molecule has 0 bridgehead atoms. The van der Waals surface area contributed by atoms with Crippen LogP contribution in [0.25, 0.3) is 0 Å². The topological polar surface area (TPSA) is 29.1 Å². The van der Waals surface area contributed by atoms with Crippen LogP contribution in [-0.4, -0.2) is 11.9 Å². The van der Waals surface area contributed by atoms with E-state index in [-0.39, 0.29) is 5.91 Å². The van der Waals surface area contributed by atoms with Crippen molar-refractivity contribution < 1.29 is 4.79 Å². The van der Waals surface area contributed by atoms with E-state index < -0.39 is 0 Å². The minimum absolute atomic E-state index is 0.175. The van der Waals surface area contributed by atoms with Crippen molar-refractivity contribution in [3.63, 3.8) is 0 Å². The van der Waals surface area contributed by atoms with Gasteiger partial charge in [0.2, 0.25) is 5.91 Å². The quantitative estimate of drug-likeness (QED) is 0.664. The lowest BCUT2D eigenvalue weighted by molar-refractivity contribution is -0.122. The minimum Gasteiger partial charge on any atom is -0.354 e. The fourth-order valence-corrected chi connectivity index (χ4v) is 0.807. The molecule has 1 atom stereocenters. The summed E-state index contributed by atoms with van der Waals surface area (Å²) in [5.74, 6) is 0.633. The zero-order valence-electron chi connectivity index (χ0n) is 7.98. The molecule has 0 aromatic carbocycles. The summed E-state index contributed by atoms with van der Waals surface area (Å²) in [6.07, 6.45) is 1.65. The van der Waals surface area contributed by atoms with E-state index in [0.29, 0.717) is 18.4 Å². The summed E-state index contributed by atoms with van der Waals surface area (Å²) in [5, 5.41) is 2.92. The van der Waals surface area contributed by atoms with Gasteiger partial charge < -0.3 is 5.32 Å². The van der Waals surface area contributed by atoms with Crippen LogP contribution in [-0.2, 0) is 4.79 Å². The first-order valence-electron chi connectivity index (χ1n) is 4.35. The number of amides is 1. The van der Waals surface area contributed by atoms with Crippen LogP contribution in [0.5, 0.6) is 0 Å². The molecule has 0 radical (unpaired) electrons. The third kappa shape index (κ3) is 5.89. The van der Waals surface area contributed by atoms with Crippen molar-refractivity contribution in [2.24, 2.45) is 5.92 Å². The first-order valence-corrected chi connectivity index (χ1v) is 4.35. The maximum atomic E-state index is 11.1. The first-order chi connectivity index (χ1) is 5.06. The number of hydrogen-bond donors (Lipinski definition) is 1. The molecule has 0 aliphatic heterocycles. The molecule has 0 spiro atoms. The van der Waals surface area contributed by atoms with Crippen LogP contribution in [0.4, 0.5) is 0 Å². The third-order valence-corrected chi connectivity index (χ3v) is 1.61. The van der Waals surface area contributed by atoms with Crippen LogP contribution in [0.2, 0.25) is 0 Å². The molecule has 0 heterocycles. The number of nitrogens with one attached hydrogen (secondary N) is 1. The molecule has 11 heavy (non-hydrogen) atoms. The minimum atomic E-state index is 0.175. The van der Waals surface area contributed by atoms with Gasteiger partial charge in [0.15, 0.2) is 0 Å². The molecular weight excluding hydrogens is 138 g/mol. The number of carbonyl (C=O) groups excluding carboxylic acids is 1. The van der Waals surface area contributed by atoms with Crippen molar-refractivity contribution in [3.05, 3.63) is 0 Å². The molecule has 0 aliphatic rings. The molecule has 2 nitrogen and oxygen atoms in total. The molecule has 0 aromatic heterocycles. The van der Waals surface area contributed by atoms with Gasteiger partial charge in [-0.25, -0.2) is 0 Å². The highest BCUT2D eigenvalue weighted by Crippen LogP contribution is 1.99. The van der Waals surface area contributed by atoms with Crippen molar-refractivity contribution in [1.82, 2.24) is 5.32 Å². The third-order valence-electron chi connectivity index (χ3n) is 1.61. The SMILES string of the molecule is CCC(C)NC(=O)CC(C)C. The van der Waals surface area contributed by atoms with Crippen LogP contribution in [0.3, 0.4) is 0 Å². The van der Waals surface area contributed by atoms with Gasteiger partial charge >= 0.3 is 0 Å². The predicted octanol–water partition coefficient (Wildman–Crippen LogP) is 1.95. The normalized spacial score (nSPS) is 13.2. The van der Waals surface area contributed by atoms with Gasteiger partial charge in [0, 0.05) is 12.5 Å². The highest BCUT2D eigenvalue weighted by molar-refractivity contribution is 5.76. The van der Waals surface area contributed by atoms with Gasteiger partial charge in [0.05, 0.1) is 0 Å². The zero-order chi connectivity index (χ0) is 8.85. The molecule has 66 valence electrons. The Kier molecular flexibility index (Phi) is 4.92.